The van der Waals surface area contributed by atoms with Crippen LogP contribution in [0.25, 0.3) is 0 Å². The van der Waals surface area contributed by atoms with Gasteiger partial charge in [0, 0.05) is 44.4 Å². The molecule has 29 heavy (non-hydrogen) atoms. The van der Waals surface area contributed by atoms with Crippen molar-refractivity contribution in [2.24, 2.45) is 0 Å². The molecular formula is C21H24N4O4. The molecule has 0 aromatic heterocycles. The third-order valence-corrected chi connectivity index (χ3v) is 4.95. The van der Waals surface area contributed by atoms with Crippen LogP contribution >= 0.6 is 0 Å². The van der Waals surface area contributed by atoms with Crippen molar-refractivity contribution in [3.8, 4) is 0 Å². The molecule has 2 aromatic rings. The average Bonchev–Trinajstić information content (AvgIpc) is 2.74. The third-order valence-electron chi connectivity index (χ3n) is 4.95. The molecule has 0 spiro atoms. The molecule has 0 unspecified atom stereocenters. The minimum Gasteiger partial charge on any atom is -0.351 e. The van der Waals surface area contributed by atoms with E-state index in [4.69, 9.17) is 0 Å². The first-order valence-electron chi connectivity index (χ1n) is 9.56. The predicted molar refractivity (Wildman–Crippen MR) is 108 cm³/mol. The van der Waals surface area contributed by atoms with Crippen molar-refractivity contribution < 1.29 is 14.5 Å². The number of carbonyl (C=O) groups is 2. The second-order valence-corrected chi connectivity index (χ2v) is 6.98. The fourth-order valence-electron chi connectivity index (χ4n) is 3.32. The van der Waals surface area contributed by atoms with Crippen molar-refractivity contribution in [2.75, 3.05) is 32.7 Å². The summed E-state index contributed by atoms with van der Waals surface area (Å²) >= 11 is 0. The Morgan fingerprint density at radius 2 is 1.62 bits per heavy atom. The highest BCUT2D eigenvalue weighted by Gasteiger charge is 2.24. The van der Waals surface area contributed by atoms with Gasteiger partial charge in [-0.15, -0.1) is 0 Å². The Bertz CT molecular complexity index is 864. The van der Waals surface area contributed by atoms with E-state index in [2.05, 4.69) is 5.32 Å². The highest BCUT2D eigenvalue weighted by Crippen LogP contribution is 2.19. The molecule has 0 atom stereocenters. The fourth-order valence-corrected chi connectivity index (χ4v) is 3.32. The van der Waals surface area contributed by atoms with Gasteiger partial charge in [-0.1, -0.05) is 48.5 Å². The second-order valence-electron chi connectivity index (χ2n) is 6.98. The van der Waals surface area contributed by atoms with Crippen LogP contribution < -0.4 is 5.32 Å². The highest BCUT2D eigenvalue weighted by atomic mass is 16.6. The fraction of sp³-hybridized carbons (Fsp3) is 0.333. The van der Waals surface area contributed by atoms with Gasteiger partial charge in [-0.25, -0.2) is 0 Å². The van der Waals surface area contributed by atoms with Crippen molar-refractivity contribution in [3.63, 3.8) is 0 Å². The molecule has 3 rings (SSSR count). The maximum Gasteiger partial charge on any atom is 0.273 e. The Morgan fingerprint density at radius 1 is 0.966 bits per heavy atom. The number of nitrogens with one attached hydrogen (secondary N) is 1. The number of nitrogens with zero attached hydrogens (tertiary/aromatic N) is 3. The normalized spacial score (nSPS) is 14.4. The van der Waals surface area contributed by atoms with Crippen LogP contribution in [0.3, 0.4) is 0 Å². The van der Waals surface area contributed by atoms with E-state index in [1.54, 1.807) is 23.1 Å². The van der Waals surface area contributed by atoms with Crippen LogP contribution in [0.5, 0.6) is 0 Å². The van der Waals surface area contributed by atoms with Crippen LogP contribution in [-0.2, 0) is 22.6 Å². The Hall–Kier alpha value is -3.26. The maximum absolute atomic E-state index is 12.5. The van der Waals surface area contributed by atoms with Gasteiger partial charge in [-0.3, -0.25) is 24.6 Å². The predicted octanol–water partition coefficient (Wildman–Crippen LogP) is 1.60. The molecule has 1 aliphatic rings. The smallest absolute Gasteiger partial charge is 0.273 e. The number of hydrogen-bond donors (Lipinski definition) is 1. The van der Waals surface area contributed by atoms with Gasteiger partial charge in [0.2, 0.25) is 11.8 Å². The van der Waals surface area contributed by atoms with E-state index in [9.17, 15) is 19.7 Å². The zero-order valence-corrected chi connectivity index (χ0v) is 16.1. The number of nitro groups is 1. The molecule has 1 aliphatic heterocycles. The minimum atomic E-state index is -0.464. The summed E-state index contributed by atoms with van der Waals surface area (Å²) in [4.78, 5) is 39.0. The van der Waals surface area contributed by atoms with Crippen molar-refractivity contribution in [1.82, 2.24) is 15.1 Å². The Morgan fingerprint density at radius 3 is 2.31 bits per heavy atom. The SMILES string of the molecule is O=C(CN1CCN(C(=O)Cc2ccccc2[N+](=O)[O-])CC1)NCc1ccccc1. The Balaban J connectivity index is 1.43. The van der Waals surface area contributed by atoms with Crippen LogP contribution in [0.2, 0.25) is 0 Å². The second kappa shape index (κ2) is 9.79. The molecule has 1 saturated heterocycles. The van der Waals surface area contributed by atoms with Crippen molar-refractivity contribution >= 4 is 17.5 Å². The summed E-state index contributed by atoms with van der Waals surface area (Å²) in [6.45, 7) is 2.99. The van der Waals surface area contributed by atoms with E-state index in [0.29, 0.717) is 44.8 Å². The van der Waals surface area contributed by atoms with Gasteiger partial charge in [0.05, 0.1) is 17.9 Å². The first kappa shape index (κ1) is 20.5. The molecule has 0 bridgehead atoms. The molecule has 1 heterocycles. The first-order valence-corrected chi connectivity index (χ1v) is 9.56. The van der Waals surface area contributed by atoms with Gasteiger partial charge in [0.25, 0.3) is 5.69 Å². The van der Waals surface area contributed by atoms with Crippen LogP contribution in [0.15, 0.2) is 54.6 Å². The zero-order chi connectivity index (χ0) is 20.6. The number of hydrogen-bond acceptors (Lipinski definition) is 5. The summed E-state index contributed by atoms with van der Waals surface area (Å²) in [5.41, 5.74) is 1.44. The largest absolute Gasteiger partial charge is 0.351 e. The molecule has 2 aromatic carbocycles. The summed E-state index contributed by atoms with van der Waals surface area (Å²) in [5, 5.41) is 14.0. The average molecular weight is 396 g/mol. The molecule has 8 nitrogen and oxygen atoms in total. The minimum absolute atomic E-state index is 0.00865. The summed E-state index contributed by atoms with van der Waals surface area (Å²) in [6.07, 6.45) is 0.00865. The summed E-state index contributed by atoms with van der Waals surface area (Å²) in [5.74, 6) is -0.180. The van der Waals surface area contributed by atoms with Gasteiger partial charge < -0.3 is 10.2 Å². The third kappa shape index (κ3) is 5.86. The lowest BCUT2D eigenvalue weighted by Gasteiger charge is -2.34. The lowest BCUT2D eigenvalue weighted by molar-refractivity contribution is -0.385. The molecule has 0 saturated carbocycles. The quantitative estimate of drug-likeness (QED) is 0.567. The lowest BCUT2D eigenvalue weighted by atomic mass is 10.1. The molecule has 152 valence electrons. The highest BCUT2D eigenvalue weighted by molar-refractivity contribution is 5.80. The van der Waals surface area contributed by atoms with Crippen molar-refractivity contribution in [3.05, 3.63) is 75.8 Å². The van der Waals surface area contributed by atoms with E-state index in [-0.39, 0.29) is 23.9 Å². The van der Waals surface area contributed by atoms with Crippen molar-refractivity contribution in [1.29, 1.82) is 0 Å². The number of para-hydroxylation sites is 1. The number of nitro benzene ring substituents is 1. The van der Waals surface area contributed by atoms with E-state index in [0.717, 1.165) is 5.56 Å². The van der Waals surface area contributed by atoms with E-state index < -0.39 is 4.92 Å². The molecule has 0 aliphatic carbocycles. The van der Waals surface area contributed by atoms with E-state index in [1.165, 1.54) is 6.07 Å². The van der Waals surface area contributed by atoms with Gasteiger partial charge in [-0.2, -0.15) is 0 Å². The first-order chi connectivity index (χ1) is 14.0. The standard InChI is InChI=1S/C21H24N4O4/c26-20(22-15-17-6-2-1-3-7-17)16-23-10-12-24(13-11-23)21(27)14-18-8-4-5-9-19(18)25(28)29/h1-9H,10-16H2,(H,22,26). The van der Waals surface area contributed by atoms with Crippen LogP contribution in [0.1, 0.15) is 11.1 Å². The monoisotopic (exact) mass is 396 g/mol. The van der Waals surface area contributed by atoms with Crippen molar-refractivity contribution in [2.45, 2.75) is 13.0 Å². The Kier molecular flexibility index (Phi) is 6.91. The van der Waals surface area contributed by atoms with Gasteiger partial charge >= 0.3 is 0 Å². The summed E-state index contributed by atoms with van der Waals surface area (Å²) < 4.78 is 0. The maximum atomic E-state index is 12.5. The van der Waals surface area contributed by atoms with Gasteiger partial charge in [-0.05, 0) is 5.56 Å². The molecule has 0 radical (unpaired) electrons. The molecule has 2 amide bonds. The topological polar surface area (TPSA) is 95.8 Å². The zero-order valence-electron chi connectivity index (χ0n) is 16.1. The van der Waals surface area contributed by atoms with Crippen LogP contribution in [0.4, 0.5) is 5.69 Å². The Labute approximate surface area is 169 Å². The molecule has 1 fully saturated rings. The van der Waals surface area contributed by atoms with E-state index >= 15 is 0 Å². The molecule has 8 heteroatoms. The van der Waals surface area contributed by atoms with Crippen LogP contribution in [-0.4, -0.2) is 59.3 Å². The number of amides is 2. The number of piperazine rings is 1. The number of benzene rings is 2. The molecule has 1 N–H and O–H groups in total. The van der Waals surface area contributed by atoms with E-state index in [1.807, 2.05) is 35.2 Å². The number of carbonyl (C=O) groups excluding carboxylic acids is 2. The summed E-state index contributed by atoms with van der Waals surface area (Å²) in [6, 6.07) is 16.0. The lowest BCUT2D eigenvalue weighted by Crippen LogP contribution is -2.51. The van der Waals surface area contributed by atoms with Crippen LogP contribution in [0, 0.1) is 10.1 Å². The number of rotatable bonds is 7. The van der Waals surface area contributed by atoms with Gasteiger partial charge in [0.15, 0.2) is 0 Å². The van der Waals surface area contributed by atoms with Gasteiger partial charge in [0.1, 0.15) is 0 Å². The summed E-state index contributed by atoms with van der Waals surface area (Å²) in [7, 11) is 0. The molecular weight excluding hydrogens is 372 g/mol.